The Hall–Kier alpha value is -1.31. The molecule has 2 aromatic heterocycles. The van der Waals surface area contributed by atoms with E-state index in [1.54, 1.807) is 11.3 Å². The molecule has 0 saturated carbocycles. The first-order valence-electron chi connectivity index (χ1n) is 7.33. The van der Waals surface area contributed by atoms with Gasteiger partial charge in [-0.15, -0.1) is 21.5 Å². The summed E-state index contributed by atoms with van der Waals surface area (Å²) < 4.78 is 11.6. The number of aryl methyl sites for hydroxylation is 1. The van der Waals surface area contributed by atoms with Gasteiger partial charge in [-0.1, -0.05) is 0 Å². The maximum atomic E-state index is 5.92. The van der Waals surface area contributed by atoms with Crippen LogP contribution in [0.1, 0.15) is 35.5 Å². The van der Waals surface area contributed by atoms with Crippen molar-refractivity contribution in [2.24, 2.45) is 0 Å². The Bertz CT molecular complexity index is 600. The minimum Gasteiger partial charge on any atom is -0.425 e. The van der Waals surface area contributed by atoms with Crippen LogP contribution < -0.4 is 0 Å². The van der Waals surface area contributed by atoms with E-state index < -0.39 is 0 Å². The summed E-state index contributed by atoms with van der Waals surface area (Å²) in [5.74, 6) is 1.63. The molecule has 0 spiro atoms. The highest BCUT2D eigenvalue weighted by molar-refractivity contribution is 7.09. The van der Waals surface area contributed by atoms with Crippen LogP contribution in [0.3, 0.4) is 0 Å². The average molecular weight is 306 g/mol. The lowest BCUT2D eigenvalue weighted by Gasteiger charge is -2.39. The van der Waals surface area contributed by atoms with Gasteiger partial charge in [0, 0.05) is 37.7 Å². The van der Waals surface area contributed by atoms with Crippen LogP contribution in [0, 0.1) is 6.92 Å². The third-order valence-electron chi connectivity index (χ3n) is 4.33. The summed E-state index contributed by atoms with van der Waals surface area (Å²) in [5.41, 5.74) is 0. The summed E-state index contributed by atoms with van der Waals surface area (Å²) in [6.45, 7) is 4.50. The lowest BCUT2D eigenvalue weighted by molar-refractivity contribution is 0.00919. The standard InChI is InChI=1S/C14H18N4O2S/c1-9-16-17-14(20-9)10-6-12-11(2-4-19-12)18(7-10)8-13-15-3-5-21-13/h3,5,10-12H,2,4,6-8H2,1H3/t10-,11+,12+/m1/s1. The van der Waals surface area contributed by atoms with Crippen molar-refractivity contribution < 1.29 is 9.15 Å². The Labute approximate surface area is 127 Å². The topological polar surface area (TPSA) is 64.3 Å². The summed E-state index contributed by atoms with van der Waals surface area (Å²) in [6, 6.07) is 0.495. The number of likely N-dealkylation sites (tertiary alicyclic amines) is 1. The third kappa shape index (κ3) is 2.61. The van der Waals surface area contributed by atoms with Crippen molar-refractivity contribution in [2.45, 2.75) is 44.4 Å². The summed E-state index contributed by atoms with van der Waals surface area (Å²) in [5, 5.41) is 11.3. The fourth-order valence-electron chi connectivity index (χ4n) is 3.40. The summed E-state index contributed by atoms with van der Waals surface area (Å²) in [6.07, 6.45) is 4.22. The maximum Gasteiger partial charge on any atom is 0.220 e. The molecule has 2 fully saturated rings. The average Bonchev–Trinajstić information content (AvgIpc) is 3.18. The van der Waals surface area contributed by atoms with E-state index in [0.29, 0.717) is 11.9 Å². The highest BCUT2D eigenvalue weighted by Gasteiger charge is 2.42. The van der Waals surface area contributed by atoms with Crippen LogP contribution in [-0.4, -0.2) is 45.4 Å². The lowest BCUT2D eigenvalue weighted by atomic mass is 9.90. The van der Waals surface area contributed by atoms with Crippen molar-refractivity contribution >= 4 is 11.3 Å². The van der Waals surface area contributed by atoms with Gasteiger partial charge in [0.2, 0.25) is 11.8 Å². The van der Waals surface area contributed by atoms with Crippen molar-refractivity contribution in [3.05, 3.63) is 28.4 Å². The number of thiazole rings is 1. The van der Waals surface area contributed by atoms with Gasteiger partial charge in [0.25, 0.3) is 0 Å². The largest absolute Gasteiger partial charge is 0.425 e. The number of ether oxygens (including phenoxy) is 1. The van der Waals surface area contributed by atoms with Gasteiger partial charge in [-0.2, -0.15) is 0 Å². The highest BCUT2D eigenvalue weighted by atomic mass is 32.1. The van der Waals surface area contributed by atoms with Gasteiger partial charge in [0.05, 0.1) is 18.6 Å². The third-order valence-corrected chi connectivity index (χ3v) is 5.09. The molecule has 0 amide bonds. The molecule has 2 aromatic rings. The molecule has 6 nitrogen and oxygen atoms in total. The molecule has 2 saturated heterocycles. The number of aromatic nitrogens is 3. The number of fused-ring (bicyclic) bond motifs is 1. The number of piperidine rings is 1. The van der Waals surface area contributed by atoms with E-state index in [-0.39, 0.29) is 12.0 Å². The van der Waals surface area contributed by atoms with E-state index >= 15 is 0 Å². The van der Waals surface area contributed by atoms with Gasteiger partial charge in [0.1, 0.15) is 5.01 Å². The van der Waals surface area contributed by atoms with E-state index in [1.807, 2.05) is 18.5 Å². The molecule has 0 unspecified atom stereocenters. The second-order valence-electron chi connectivity index (χ2n) is 5.71. The quantitative estimate of drug-likeness (QED) is 0.864. The molecule has 21 heavy (non-hydrogen) atoms. The molecular formula is C14H18N4O2S. The zero-order valence-electron chi connectivity index (χ0n) is 11.9. The zero-order valence-corrected chi connectivity index (χ0v) is 12.8. The second-order valence-corrected chi connectivity index (χ2v) is 6.69. The van der Waals surface area contributed by atoms with Gasteiger partial charge in [-0.05, 0) is 12.8 Å². The zero-order chi connectivity index (χ0) is 14.2. The summed E-state index contributed by atoms with van der Waals surface area (Å²) >= 11 is 1.71. The Morgan fingerprint density at radius 3 is 3.14 bits per heavy atom. The van der Waals surface area contributed by atoms with Crippen LogP contribution >= 0.6 is 11.3 Å². The first-order valence-corrected chi connectivity index (χ1v) is 8.21. The minimum atomic E-state index is 0.255. The first-order chi connectivity index (χ1) is 10.3. The van der Waals surface area contributed by atoms with Crippen molar-refractivity contribution in [3.8, 4) is 0 Å². The van der Waals surface area contributed by atoms with Crippen LogP contribution in [0.5, 0.6) is 0 Å². The summed E-state index contributed by atoms with van der Waals surface area (Å²) in [4.78, 5) is 6.89. The van der Waals surface area contributed by atoms with E-state index in [1.165, 1.54) is 0 Å². The van der Waals surface area contributed by atoms with E-state index in [4.69, 9.17) is 9.15 Å². The normalized spacial score (nSPS) is 29.7. The Morgan fingerprint density at radius 2 is 2.38 bits per heavy atom. The van der Waals surface area contributed by atoms with Crippen molar-refractivity contribution in [3.63, 3.8) is 0 Å². The molecule has 112 valence electrons. The van der Waals surface area contributed by atoms with Crippen LogP contribution in [-0.2, 0) is 11.3 Å². The fourth-order valence-corrected chi connectivity index (χ4v) is 4.04. The molecule has 0 aromatic carbocycles. The Morgan fingerprint density at radius 1 is 1.43 bits per heavy atom. The number of rotatable bonds is 3. The molecule has 0 N–H and O–H groups in total. The molecule has 4 rings (SSSR count). The maximum absolute atomic E-state index is 5.92. The molecule has 2 aliphatic heterocycles. The highest BCUT2D eigenvalue weighted by Crippen LogP contribution is 2.36. The van der Waals surface area contributed by atoms with Gasteiger partial charge in [-0.3, -0.25) is 4.90 Å². The first kappa shape index (κ1) is 13.4. The smallest absolute Gasteiger partial charge is 0.220 e. The van der Waals surface area contributed by atoms with Gasteiger partial charge < -0.3 is 9.15 Å². The molecular weight excluding hydrogens is 288 g/mol. The van der Waals surface area contributed by atoms with Gasteiger partial charge in [-0.25, -0.2) is 4.98 Å². The SMILES string of the molecule is Cc1nnc([C@@H]2C[C@@H]3OCC[C@@H]3N(Cc3nccs3)C2)o1. The van der Waals surface area contributed by atoms with Crippen LogP contribution in [0.2, 0.25) is 0 Å². The van der Waals surface area contributed by atoms with Crippen LogP contribution in [0.15, 0.2) is 16.0 Å². The van der Waals surface area contributed by atoms with E-state index in [9.17, 15) is 0 Å². The predicted molar refractivity (Wildman–Crippen MR) is 77.1 cm³/mol. The fraction of sp³-hybridized carbons (Fsp3) is 0.643. The van der Waals surface area contributed by atoms with E-state index in [0.717, 1.165) is 43.4 Å². The molecule has 2 aliphatic rings. The molecule has 7 heteroatoms. The number of nitrogens with zero attached hydrogens (tertiary/aromatic N) is 4. The minimum absolute atomic E-state index is 0.255. The molecule has 0 bridgehead atoms. The van der Waals surface area contributed by atoms with Crippen molar-refractivity contribution in [2.75, 3.05) is 13.2 Å². The van der Waals surface area contributed by atoms with Gasteiger partial charge in [0.15, 0.2) is 0 Å². The molecule has 4 heterocycles. The molecule has 0 radical (unpaired) electrons. The van der Waals surface area contributed by atoms with Gasteiger partial charge >= 0.3 is 0 Å². The second kappa shape index (κ2) is 5.47. The van der Waals surface area contributed by atoms with Crippen molar-refractivity contribution in [1.29, 1.82) is 0 Å². The predicted octanol–water partition coefficient (Wildman–Crippen LogP) is 1.98. The van der Waals surface area contributed by atoms with Crippen molar-refractivity contribution in [1.82, 2.24) is 20.1 Å². The van der Waals surface area contributed by atoms with E-state index in [2.05, 4.69) is 20.1 Å². The molecule has 0 aliphatic carbocycles. The van der Waals surface area contributed by atoms with Crippen LogP contribution in [0.25, 0.3) is 0 Å². The molecule has 3 atom stereocenters. The monoisotopic (exact) mass is 306 g/mol. The Kier molecular flexibility index (Phi) is 3.48. The summed E-state index contributed by atoms with van der Waals surface area (Å²) in [7, 11) is 0. The lowest BCUT2D eigenvalue weighted by Crippen LogP contribution is -2.48. The van der Waals surface area contributed by atoms with Crippen LogP contribution in [0.4, 0.5) is 0 Å². The number of hydrogen-bond donors (Lipinski definition) is 0. The Balaban J connectivity index is 1.55. The number of hydrogen-bond acceptors (Lipinski definition) is 7.